The number of phenolic OH excluding ortho intramolecular Hbond substituents is 1. The average molecular weight is 320 g/mol. The summed E-state index contributed by atoms with van der Waals surface area (Å²) in [6.07, 6.45) is 3.67. The third-order valence-electron chi connectivity index (χ3n) is 4.63. The topological polar surface area (TPSA) is 45.6 Å². The van der Waals surface area contributed by atoms with E-state index in [1.807, 2.05) is 30.5 Å². The second-order valence-electron chi connectivity index (χ2n) is 6.06. The quantitative estimate of drug-likeness (QED) is 0.804. The molecule has 24 heavy (non-hydrogen) atoms. The van der Waals surface area contributed by atoms with Crippen molar-refractivity contribution in [3.63, 3.8) is 0 Å². The highest BCUT2D eigenvalue weighted by Gasteiger charge is 2.28. The summed E-state index contributed by atoms with van der Waals surface area (Å²) >= 11 is 0. The molecule has 1 unspecified atom stereocenters. The third-order valence-corrected chi connectivity index (χ3v) is 4.63. The molecule has 0 saturated carbocycles. The zero-order chi connectivity index (χ0) is 16.4. The smallest absolute Gasteiger partial charge is 0.121 e. The van der Waals surface area contributed by atoms with Crippen molar-refractivity contribution in [3.8, 4) is 5.75 Å². The van der Waals surface area contributed by atoms with Crippen LogP contribution in [0, 0.1) is 0 Å². The molecule has 0 aliphatic carbocycles. The van der Waals surface area contributed by atoms with E-state index in [4.69, 9.17) is 4.74 Å². The van der Waals surface area contributed by atoms with Gasteiger partial charge in [-0.05, 0) is 28.5 Å². The van der Waals surface area contributed by atoms with Crippen LogP contribution in [0.4, 0.5) is 0 Å². The number of benzene rings is 2. The zero-order valence-electron chi connectivity index (χ0n) is 13.4. The number of nitrogens with zero attached hydrogens (tertiary/aromatic N) is 2. The first-order chi connectivity index (χ1) is 11.8. The minimum Gasteiger partial charge on any atom is -0.508 e. The van der Waals surface area contributed by atoms with Crippen molar-refractivity contribution in [2.75, 3.05) is 26.3 Å². The van der Waals surface area contributed by atoms with Gasteiger partial charge in [-0.2, -0.15) is 0 Å². The fourth-order valence-electron chi connectivity index (χ4n) is 3.50. The molecule has 2 heterocycles. The fraction of sp³-hybridized carbons (Fsp3) is 0.250. The molecular formula is C20H20N2O2. The standard InChI is InChI=1S/C20H20N2O2/c23-18-8-7-15-4-1-2-6-17(15)19(18)20(16-5-3-9-21-14-16)22-10-12-24-13-11-22/h1-9,14,20,23H,10-13H2. The van der Waals surface area contributed by atoms with Crippen LogP contribution in [0.3, 0.4) is 0 Å². The molecular weight excluding hydrogens is 300 g/mol. The lowest BCUT2D eigenvalue weighted by atomic mass is 9.92. The highest BCUT2D eigenvalue weighted by molar-refractivity contribution is 5.88. The van der Waals surface area contributed by atoms with Gasteiger partial charge in [-0.25, -0.2) is 0 Å². The summed E-state index contributed by atoms with van der Waals surface area (Å²) in [6, 6.07) is 16.0. The molecule has 2 aromatic carbocycles. The van der Waals surface area contributed by atoms with Crippen LogP contribution in [-0.2, 0) is 4.74 Å². The first-order valence-corrected chi connectivity index (χ1v) is 8.27. The monoisotopic (exact) mass is 320 g/mol. The summed E-state index contributed by atoms with van der Waals surface area (Å²) in [7, 11) is 0. The number of pyridine rings is 1. The van der Waals surface area contributed by atoms with Crippen molar-refractivity contribution in [3.05, 3.63) is 72.1 Å². The maximum absolute atomic E-state index is 10.7. The molecule has 0 bridgehead atoms. The van der Waals surface area contributed by atoms with Gasteiger partial charge in [0.1, 0.15) is 5.75 Å². The zero-order valence-corrected chi connectivity index (χ0v) is 13.4. The van der Waals surface area contributed by atoms with Crippen molar-refractivity contribution in [2.24, 2.45) is 0 Å². The van der Waals surface area contributed by atoms with Crippen LogP contribution in [0.2, 0.25) is 0 Å². The number of rotatable bonds is 3. The van der Waals surface area contributed by atoms with Crippen LogP contribution < -0.4 is 0 Å². The van der Waals surface area contributed by atoms with Gasteiger partial charge in [0.25, 0.3) is 0 Å². The molecule has 0 radical (unpaired) electrons. The van der Waals surface area contributed by atoms with Crippen molar-refractivity contribution in [2.45, 2.75) is 6.04 Å². The van der Waals surface area contributed by atoms with Crippen molar-refractivity contribution < 1.29 is 9.84 Å². The van der Waals surface area contributed by atoms with Gasteiger partial charge in [0.05, 0.1) is 19.3 Å². The fourth-order valence-corrected chi connectivity index (χ4v) is 3.50. The molecule has 1 fully saturated rings. The Bertz CT molecular complexity index is 829. The Labute approximate surface area is 141 Å². The van der Waals surface area contributed by atoms with E-state index < -0.39 is 0 Å². The minimum absolute atomic E-state index is 0.0336. The number of hydrogen-bond acceptors (Lipinski definition) is 4. The first kappa shape index (κ1) is 15.1. The second-order valence-corrected chi connectivity index (χ2v) is 6.06. The molecule has 0 spiro atoms. The molecule has 1 aromatic heterocycles. The molecule has 1 atom stereocenters. The normalized spacial score (nSPS) is 17.0. The van der Waals surface area contributed by atoms with Gasteiger partial charge in [-0.15, -0.1) is 0 Å². The summed E-state index contributed by atoms with van der Waals surface area (Å²) in [5, 5.41) is 12.9. The van der Waals surface area contributed by atoms with Gasteiger partial charge in [-0.1, -0.05) is 36.4 Å². The number of morpholine rings is 1. The maximum Gasteiger partial charge on any atom is 0.121 e. The summed E-state index contributed by atoms with van der Waals surface area (Å²) in [6.45, 7) is 3.09. The molecule has 0 amide bonds. The predicted molar refractivity (Wildman–Crippen MR) is 94.1 cm³/mol. The van der Waals surface area contributed by atoms with E-state index in [-0.39, 0.29) is 6.04 Å². The van der Waals surface area contributed by atoms with E-state index in [1.54, 1.807) is 12.3 Å². The van der Waals surface area contributed by atoms with E-state index in [2.05, 4.69) is 28.1 Å². The third kappa shape index (κ3) is 2.75. The molecule has 4 nitrogen and oxygen atoms in total. The highest BCUT2D eigenvalue weighted by Crippen LogP contribution is 2.39. The van der Waals surface area contributed by atoms with Crippen molar-refractivity contribution >= 4 is 10.8 Å². The van der Waals surface area contributed by atoms with Gasteiger partial charge in [-0.3, -0.25) is 9.88 Å². The van der Waals surface area contributed by atoms with Crippen LogP contribution in [0.1, 0.15) is 17.2 Å². The van der Waals surface area contributed by atoms with E-state index in [0.717, 1.165) is 35.0 Å². The Morgan fingerprint density at radius 3 is 2.62 bits per heavy atom. The summed E-state index contributed by atoms with van der Waals surface area (Å²) in [5.41, 5.74) is 2.04. The largest absolute Gasteiger partial charge is 0.508 e. The SMILES string of the molecule is Oc1ccc2ccccc2c1C(c1cccnc1)N1CCOCC1. The van der Waals surface area contributed by atoms with Crippen LogP contribution >= 0.6 is 0 Å². The number of ether oxygens (including phenoxy) is 1. The van der Waals surface area contributed by atoms with Gasteiger partial charge in [0, 0.05) is 31.0 Å². The minimum atomic E-state index is -0.0336. The number of phenols is 1. The molecule has 122 valence electrons. The van der Waals surface area contributed by atoms with E-state index >= 15 is 0 Å². The van der Waals surface area contributed by atoms with Crippen LogP contribution in [0.25, 0.3) is 10.8 Å². The molecule has 1 saturated heterocycles. The van der Waals surface area contributed by atoms with E-state index in [9.17, 15) is 5.11 Å². The Kier molecular flexibility index (Phi) is 4.15. The second kappa shape index (κ2) is 6.59. The van der Waals surface area contributed by atoms with Crippen LogP contribution in [0.5, 0.6) is 5.75 Å². The average Bonchev–Trinajstić information content (AvgIpc) is 2.66. The molecule has 4 rings (SSSR count). The van der Waals surface area contributed by atoms with Crippen molar-refractivity contribution in [1.29, 1.82) is 0 Å². The Balaban J connectivity index is 1.92. The first-order valence-electron chi connectivity index (χ1n) is 8.27. The summed E-state index contributed by atoms with van der Waals surface area (Å²) in [5.74, 6) is 0.328. The highest BCUT2D eigenvalue weighted by atomic mass is 16.5. The summed E-state index contributed by atoms with van der Waals surface area (Å²) in [4.78, 5) is 6.66. The molecule has 1 N–H and O–H groups in total. The number of aromatic nitrogens is 1. The predicted octanol–water partition coefficient (Wildman–Crippen LogP) is 3.36. The number of fused-ring (bicyclic) bond motifs is 1. The lowest BCUT2D eigenvalue weighted by Crippen LogP contribution is -2.39. The molecule has 1 aliphatic heterocycles. The molecule has 3 aromatic rings. The molecule has 4 heteroatoms. The van der Waals surface area contributed by atoms with E-state index in [1.165, 1.54) is 0 Å². The molecule has 1 aliphatic rings. The Morgan fingerprint density at radius 1 is 1.00 bits per heavy atom. The lowest BCUT2D eigenvalue weighted by Gasteiger charge is -2.35. The van der Waals surface area contributed by atoms with Crippen LogP contribution in [-0.4, -0.2) is 41.3 Å². The number of aromatic hydroxyl groups is 1. The number of hydrogen-bond donors (Lipinski definition) is 1. The van der Waals surface area contributed by atoms with E-state index in [0.29, 0.717) is 19.0 Å². The Hall–Kier alpha value is -2.43. The Morgan fingerprint density at radius 2 is 1.83 bits per heavy atom. The van der Waals surface area contributed by atoms with Crippen molar-refractivity contribution in [1.82, 2.24) is 9.88 Å². The van der Waals surface area contributed by atoms with Gasteiger partial charge >= 0.3 is 0 Å². The van der Waals surface area contributed by atoms with Gasteiger partial charge < -0.3 is 9.84 Å². The lowest BCUT2D eigenvalue weighted by molar-refractivity contribution is 0.0237. The maximum atomic E-state index is 10.7. The van der Waals surface area contributed by atoms with Gasteiger partial charge in [0.2, 0.25) is 0 Å². The summed E-state index contributed by atoms with van der Waals surface area (Å²) < 4.78 is 5.52. The van der Waals surface area contributed by atoms with Gasteiger partial charge in [0.15, 0.2) is 0 Å². The van der Waals surface area contributed by atoms with Crippen LogP contribution in [0.15, 0.2) is 60.9 Å².